The van der Waals surface area contributed by atoms with E-state index in [1.807, 2.05) is 30.3 Å². The Balaban J connectivity index is 1.63. The van der Waals surface area contributed by atoms with E-state index < -0.39 is 23.3 Å². The summed E-state index contributed by atoms with van der Waals surface area (Å²) in [6.07, 6.45) is 0. The molecule has 2 aromatic heterocycles. The van der Waals surface area contributed by atoms with Crippen LogP contribution in [0, 0.1) is 0 Å². The van der Waals surface area contributed by atoms with E-state index in [1.165, 1.54) is 11.8 Å². The van der Waals surface area contributed by atoms with Gasteiger partial charge in [-0.3, -0.25) is 5.10 Å². The Kier molecular flexibility index (Phi) is 4.79. The maximum atomic E-state index is 11.5. The minimum Gasteiger partial charge on any atom is -0.476 e. The molecule has 29 heavy (non-hydrogen) atoms. The first-order valence-corrected chi connectivity index (χ1v) is 9.03. The van der Waals surface area contributed by atoms with Crippen LogP contribution in [0.1, 0.15) is 21.0 Å². The number of hydrogen-bond donors (Lipinski definition) is 3. The van der Waals surface area contributed by atoms with Crippen molar-refractivity contribution < 1.29 is 19.8 Å². The topological polar surface area (TPSA) is 147 Å². The van der Waals surface area contributed by atoms with Gasteiger partial charge in [-0.2, -0.15) is 5.10 Å². The van der Waals surface area contributed by atoms with E-state index >= 15 is 0 Å². The molecule has 0 bridgehead atoms. The average Bonchev–Trinajstić information content (AvgIpc) is 3.36. The molecule has 0 saturated heterocycles. The second kappa shape index (κ2) is 7.56. The first kappa shape index (κ1) is 18.4. The first-order valence-electron chi connectivity index (χ1n) is 8.21. The van der Waals surface area contributed by atoms with Crippen LogP contribution >= 0.6 is 11.8 Å². The number of carboxylic acids is 2. The van der Waals surface area contributed by atoms with Crippen LogP contribution in [0.25, 0.3) is 17.1 Å². The Bertz CT molecular complexity index is 1200. The van der Waals surface area contributed by atoms with Gasteiger partial charge >= 0.3 is 11.9 Å². The van der Waals surface area contributed by atoms with Gasteiger partial charge in [-0.15, -0.1) is 5.10 Å². The molecule has 0 spiro atoms. The largest absolute Gasteiger partial charge is 0.476 e. The molecule has 0 aliphatic rings. The van der Waals surface area contributed by atoms with Crippen molar-refractivity contribution in [2.45, 2.75) is 10.1 Å². The summed E-state index contributed by atoms with van der Waals surface area (Å²) in [4.78, 5) is 27.9. The third-order valence-electron chi connectivity index (χ3n) is 3.85. The number of H-pyrrole nitrogens is 1. The molecule has 0 saturated carbocycles. The van der Waals surface area contributed by atoms with Crippen molar-refractivity contribution >= 4 is 23.7 Å². The number of rotatable bonds is 6. The van der Waals surface area contributed by atoms with Gasteiger partial charge in [-0.1, -0.05) is 53.4 Å². The normalized spacial score (nSPS) is 10.8. The maximum Gasteiger partial charge on any atom is 0.359 e. The maximum absolute atomic E-state index is 11.5. The SMILES string of the molecule is O=C(O)c1nnn(-c2cccc(Sc3nc(-c4ccccc4)n[nH]3)c2)c1C(=O)O. The van der Waals surface area contributed by atoms with Gasteiger partial charge in [0.2, 0.25) is 5.69 Å². The molecule has 10 nitrogen and oxygen atoms in total. The Morgan fingerprint density at radius 2 is 1.79 bits per heavy atom. The highest BCUT2D eigenvalue weighted by atomic mass is 32.2. The Morgan fingerprint density at radius 3 is 2.52 bits per heavy atom. The van der Waals surface area contributed by atoms with Crippen LogP contribution < -0.4 is 0 Å². The standard InChI is InChI=1S/C18H12N6O4S/c25-16(26)13-14(17(27)28)24(23-20-13)11-7-4-8-12(9-11)29-18-19-15(21-22-18)10-5-2-1-3-6-10/h1-9H,(H,25,26)(H,27,28)(H,19,21,22). The van der Waals surface area contributed by atoms with Crippen molar-refractivity contribution in [2.75, 3.05) is 0 Å². The number of hydrogen-bond acceptors (Lipinski definition) is 7. The highest BCUT2D eigenvalue weighted by Gasteiger charge is 2.25. The van der Waals surface area contributed by atoms with E-state index in [1.54, 1.807) is 24.3 Å². The zero-order chi connectivity index (χ0) is 20.4. The van der Waals surface area contributed by atoms with Gasteiger partial charge in [0.05, 0.1) is 5.69 Å². The van der Waals surface area contributed by atoms with E-state index in [0.29, 0.717) is 16.7 Å². The second-order valence-electron chi connectivity index (χ2n) is 5.74. The van der Waals surface area contributed by atoms with Gasteiger partial charge in [0, 0.05) is 10.5 Å². The fraction of sp³-hybridized carbons (Fsp3) is 0. The molecule has 0 aliphatic carbocycles. The molecular weight excluding hydrogens is 396 g/mol. The molecule has 0 aliphatic heterocycles. The van der Waals surface area contributed by atoms with Crippen molar-refractivity contribution in [3.63, 3.8) is 0 Å². The Hall–Kier alpha value is -3.99. The minimum absolute atomic E-state index is 0.357. The smallest absolute Gasteiger partial charge is 0.359 e. The number of aromatic nitrogens is 6. The summed E-state index contributed by atoms with van der Waals surface area (Å²) in [7, 11) is 0. The van der Waals surface area contributed by atoms with Gasteiger partial charge < -0.3 is 10.2 Å². The molecule has 144 valence electrons. The first-order chi connectivity index (χ1) is 14.0. The third kappa shape index (κ3) is 3.71. The van der Waals surface area contributed by atoms with E-state index in [-0.39, 0.29) is 0 Å². The predicted molar refractivity (Wildman–Crippen MR) is 101 cm³/mol. The van der Waals surface area contributed by atoms with Gasteiger partial charge in [0.15, 0.2) is 16.7 Å². The third-order valence-corrected chi connectivity index (χ3v) is 4.71. The quantitative estimate of drug-likeness (QED) is 0.438. The number of carboxylic acid groups (broad SMARTS) is 2. The number of benzene rings is 2. The lowest BCUT2D eigenvalue weighted by Gasteiger charge is -2.05. The van der Waals surface area contributed by atoms with Gasteiger partial charge in [-0.25, -0.2) is 19.3 Å². The Morgan fingerprint density at radius 1 is 1.00 bits per heavy atom. The van der Waals surface area contributed by atoms with E-state index in [2.05, 4.69) is 25.5 Å². The lowest BCUT2D eigenvalue weighted by molar-refractivity contribution is 0.0642. The summed E-state index contributed by atoms with van der Waals surface area (Å²) in [5, 5.41) is 33.2. The number of aromatic carboxylic acids is 2. The van der Waals surface area contributed by atoms with E-state index in [9.17, 15) is 14.7 Å². The van der Waals surface area contributed by atoms with Gasteiger partial charge in [-0.05, 0) is 18.2 Å². The zero-order valence-electron chi connectivity index (χ0n) is 14.6. The fourth-order valence-corrected chi connectivity index (χ4v) is 3.37. The zero-order valence-corrected chi connectivity index (χ0v) is 15.4. The highest BCUT2D eigenvalue weighted by molar-refractivity contribution is 7.99. The van der Waals surface area contributed by atoms with Crippen LogP contribution in [0.5, 0.6) is 0 Å². The molecule has 0 radical (unpaired) electrons. The second-order valence-corrected chi connectivity index (χ2v) is 6.80. The van der Waals surface area contributed by atoms with E-state index in [0.717, 1.165) is 15.1 Å². The van der Waals surface area contributed by atoms with Crippen molar-refractivity contribution in [3.8, 4) is 17.1 Å². The number of nitrogens with one attached hydrogen (secondary N) is 1. The summed E-state index contributed by atoms with van der Waals surface area (Å²) in [6.45, 7) is 0. The molecule has 4 rings (SSSR count). The van der Waals surface area contributed by atoms with Crippen molar-refractivity contribution in [2.24, 2.45) is 0 Å². The van der Waals surface area contributed by atoms with E-state index in [4.69, 9.17) is 5.11 Å². The summed E-state index contributed by atoms with van der Waals surface area (Å²) >= 11 is 1.28. The van der Waals surface area contributed by atoms with Gasteiger partial charge in [0.1, 0.15) is 0 Å². The molecule has 0 atom stereocenters. The molecule has 0 fully saturated rings. The lowest BCUT2D eigenvalue weighted by Crippen LogP contribution is -2.12. The number of nitrogens with zero attached hydrogens (tertiary/aromatic N) is 5. The number of aromatic amines is 1. The minimum atomic E-state index is -1.46. The molecule has 3 N–H and O–H groups in total. The van der Waals surface area contributed by atoms with Crippen LogP contribution in [0.4, 0.5) is 0 Å². The van der Waals surface area contributed by atoms with Crippen LogP contribution in [0.3, 0.4) is 0 Å². The van der Waals surface area contributed by atoms with Crippen LogP contribution in [-0.4, -0.2) is 52.3 Å². The van der Waals surface area contributed by atoms with Crippen LogP contribution in [0.15, 0.2) is 64.6 Å². The summed E-state index contributed by atoms with van der Waals surface area (Å²) in [5.41, 5.74) is 0.0819. The monoisotopic (exact) mass is 408 g/mol. The van der Waals surface area contributed by atoms with Crippen molar-refractivity contribution in [3.05, 3.63) is 66.0 Å². The average molecular weight is 408 g/mol. The fourth-order valence-electron chi connectivity index (χ4n) is 2.60. The predicted octanol–water partition coefficient (Wildman–Crippen LogP) is 2.60. The molecule has 4 aromatic rings. The van der Waals surface area contributed by atoms with Crippen molar-refractivity contribution in [1.29, 1.82) is 0 Å². The summed E-state index contributed by atoms with van der Waals surface area (Å²) in [6, 6.07) is 16.2. The van der Waals surface area contributed by atoms with Crippen molar-refractivity contribution in [1.82, 2.24) is 30.2 Å². The Labute approximate surface area is 167 Å². The summed E-state index contributed by atoms with van der Waals surface area (Å²) < 4.78 is 0.978. The van der Waals surface area contributed by atoms with Gasteiger partial charge in [0.25, 0.3) is 0 Å². The molecule has 0 unspecified atom stereocenters. The highest BCUT2D eigenvalue weighted by Crippen LogP contribution is 2.28. The molecule has 2 heterocycles. The molecule has 11 heteroatoms. The molecule has 0 amide bonds. The molecular formula is C18H12N6O4S. The molecule has 2 aromatic carbocycles. The van der Waals surface area contributed by atoms with Crippen LogP contribution in [-0.2, 0) is 0 Å². The number of carbonyl (C=O) groups is 2. The lowest BCUT2D eigenvalue weighted by atomic mass is 10.2. The van der Waals surface area contributed by atoms with Crippen LogP contribution in [0.2, 0.25) is 0 Å². The summed E-state index contributed by atoms with van der Waals surface area (Å²) in [5.74, 6) is -2.35.